The molecule has 34 heavy (non-hydrogen) atoms. The highest BCUT2D eigenvalue weighted by atomic mass is 16.4. The fraction of sp³-hybridized carbons (Fsp3) is 0.385. The molecule has 0 saturated carbocycles. The molecule has 3 N–H and O–H groups in total. The van der Waals surface area contributed by atoms with Gasteiger partial charge in [0.1, 0.15) is 17.3 Å². The standard InChI is InChI=1S/C26H32N6O2/c1-27-12-4-5-19-8-13-28-22(17-19)26-30-23(29-14-9-25(33)34)18-24(31-26)32-15-10-20-6-2-3-7-21(20)11-16-32/h2-3,6-8,13,17-18,27H,4-5,9-12,14-16H2,1H3,(H,33,34)(H,29,30,31). The van der Waals surface area contributed by atoms with Crippen LogP contribution in [0.5, 0.6) is 0 Å². The summed E-state index contributed by atoms with van der Waals surface area (Å²) >= 11 is 0. The summed E-state index contributed by atoms with van der Waals surface area (Å²) in [6, 6.07) is 14.6. The Morgan fingerprint density at radius 3 is 2.53 bits per heavy atom. The van der Waals surface area contributed by atoms with Crippen LogP contribution < -0.4 is 15.5 Å². The lowest BCUT2D eigenvalue weighted by molar-refractivity contribution is -0.136. The predicted octanol–water partition coefficient (Wildman–Crippen LogP) is 3.18. The molecule has 4 rings (SSSR count). The predicted molar refractivity (Wildman–Crippen MR) is 134 cm³/mol. The third-order valence-corrected chi connectivity index (χ3v) is 6.05. The second-order valence-electron chi connectivity index (χ2n) is 8.52. The van der Waals surface area contributed by atoms with Crippen LogP contribution in [0, 0.1) is 0 Å². The van der Waals surface area contributed by atoms with Crippen molar-refractivity contribution >= 4 is 17.6 Å². The Hall–Kier alpha value is -3.52. The third kappa shape index (κ3) is 6.29. The zero-order valence-corrected chi connectivity index (χ0v) is 19.6. The Labute approximate surface area is 200 Å². The number of carboxylic acid groups (broad SMARTS) is 1. The molecule has 0 radical (unpaired) electrons. The van der Waals surface area contributed by atoms with Gasteiger partial charge in [0, 0.05) is 31.9 Å². The van der Waals surface area contributed by atoms with E-state index in [0.717, 1.165) is 56.8 Å². The summed E-state index contributed by atoms with van der Waals surface area (Å²) in [4.78, 5) is 27.4. The fourth-order valence-electron chi connectivity index (χ4n) is 4.22. The van der Waals surface area contributed by atoms with E-state index in [0.29, 0.717) is 18.2 Å². The maximum absolute atomic E-state index is 11.0. The Kier molecular flexibility index (Phi) is 8.04. The van der Waals surface area contributed by atoms with E-state index in [4.69, 9.17) is 10.1 Å². The molecule has 0 unspecified atom stereocenters. The minimum Gasteiger partial charge on any atom is -0.481 e. The molecule has 8 nitrogen and oxygen atoms in total. The molecule has 0 saturated heterocycles. The quantitative estimate of drug-likeness (QED) is 0.397. The van der Waals surface area contributed by atoms with Crippen molar-refractivity contribution in [1.29, 1.82) is 0 Å². The van der Waals surface area contributed by atoms with Gasteiger partial charge in [-0.1, -0.05) is 24.3 Å². The van der Waals surface area contributed by atoms with E-state index in [1.54, 1.807) is 6.20 Å². The molecule has 3 aromatic rings. The Morgan fingerprint density at radius 2 is 1.82 bits per heavy atom. The van der Waals surface area contributed by atoms with Gasteiger partial charge < -0.3 is 20.6 Å². The maximum atomic E-state index is 11.0. The highest BCUT2D eigenvalue weighted by Gasteiger charge is 2.18. The van der Waals surface area contributed by atoms with Crippen molar-refractivity contribution in [1.82, 2.24) is 20.3 Å². The number of fused-ring (bicyclic) bond motifs is 1. The van der Waals surface area contributed by atoms with E-state index in [9.17, 15) is 4.79 Å². The van der Waals surface area contributed by atoms with Gasteiger partial charge in [0.25, 0.3) is 0 Å². The number of nitrogens with zero attached hydrogens (tertiary/aromatic N) is 4. The summed E-state index contributed by atoms with van der Waals surface area (Å²) in [6.45, 7) is 2.98. The van der Waals surface area contributed by atoms with Gasteiger partial charge in [0.05, 0.1) is 6.42 Å². The molecule has 0 amide bonds. The first-order valence-corrected chi connectivity index (χ1v) is 11.9. The summed E-state index contributed by atoms with van der Waals surface area (Å²) in [5.41, 5.74) is 4.69. The number of aliphatic carboxylic acids is 1. The van der Waals surface area contributed by atoms with Gasteiger partial charge in [0.15, 0.2) is 5.82 Å². The number of anilines is 2. The number of carbonyl (C=O) groups is 1. The van der Waals surface area contributed by atoms with Crippen LogP contribution in [-0.4, -0.2) is 59.3 Å². The lowest BCUT2D eigenvalue weighted by Gasteiger charge is -2.22. The third-order valence-electron chi connectivity index (χ3n) is 6.05. The lowest BCUT2D eigenvalue weighted by Crippen LogP contribution is -2.27. The first-order valence-electron chi connectivity index (χ1n) is 11.9. The highest BCUT2D eigenvalue weighted by molar-refractivity contribution is 5.67. The molecule has 0 fully saturated rings. The van der Waals surface area contributed by atoms with Gasteiger partial charge in [-0.2, -0.15) is 0 Å². The molecule has 3 heterocycles. The molecule has 2 aromatic heterocycles. The van der Waals surface area contributed by atoms with Crippen LogP contribution in [-0.2, 0) is 24.1 Å². The van der Waals surface area contributed by atoms with Gasteiger partial charge in [-0.05, 0) is 68.1 Å². The fourth-order valence-corrected chi connectivity index (χ4v) is 4.22. The minimum absolute atomic E-state index is 0.0207. The number of aryl methyl sites for hydroxylation is 1. The topological polar surface area (TPSA) is 103 Å². The van der Waals surface area contributed by atoms with E-state index in [-0.39, 0.29) is 6.42 Å². The summed E-state index contributed by atoms with van der Waals surface area (Å²) < 4.78 is 0. The smallest absolute Gasteiger partial charge is 0.305 e. The van der Waals surface area contributed by atoms with E-state index < -0.39 is 5.97 Å². The van der Waals surface area contributed by atoms with Crippen LogP contribution in [0.25, 0.3) is 11.5 Å². The second-order valence-corrected chi connectivity index (χ2v) is 8.52. The number of nitrogens with one attached hydrogen (secondary N) is 2. The van der Waals surface area contributed by atoms with Gasteiger partial charge >= 0.3 is 5.97 Å². The highest BCUT2D eigenvalue weighted by Crippen LogP contribution is 2.25. The van der Waals surface area contributed by atoms with Crippen LogP contribution in [0.2, 0.25) is 0 Å². The zero-order valence-electron chi connectivity index (χ0n) is 19.6. The molecular formula is C26H32N6O2. The molecule has 1 aliphatic rings. The van der Waals surface area contributed by atoms with Crippen molar-refractivity contribution < 1.29 is 9.90 Å². The number of carboxylic acids is 1. The number of benzene rings is 1. The van der Waals surface area contributed by atoms with E-state index in [1.165, 1.54) is 16.7 Å². The Balaban J connectivity index is 1.61. The molecule has 0 atom stereocenters. The number of rotatable bonds is 10. The Bertz CT molecular complexity index is 1090. The largest absolute Gasteiger partial charge is 0.481 e. The molecule has 0 spiro atoms. The van der Waals surface area contributed by atoms with Crippen LogP contribution in [0.3, 0.4) is 0 Å². The monoisotopic (exact) mass is 460 g/mol. The molecule has 0 aliphatic carbocycles. The molecule has 1 aromatic carbocycles. The van der Waals surface area contributed by atoms with E-state index >= 15 is 0 Å². The molecule has 0 bridgehead atoms. The first-order chi connectivity index (χ1) is 16.6. The summed E-state index contributed by atoms with van der Waals surface area (Å²) in [5.74, 6) is 1.15. The maximum Gasteiger partial charge on any atom is 0.305 e. The molecule has 1 aliphatic heterocycles. The molecule has 178 valence electrons. The van der Waals surface area contributed by atoms with Crippen LogP contribution in [0.1, 0.15) is 29.5 Å². The van der Waals surface area contributed by atoms with Crippen molar-refractivity contribution in [3.63, 3.8) is 0 Å². The van der Waals surface area contributed by atoms with Crippen molar-refractivity contribution in [3.05, 3.63) is 65.4 Å². The number of aromatic nitrogens is 3. The second kappa shape index (κ2) is 11.6. The van der Waals surface area contributed by atoms with Gasteiger partial charge in [-0.3, -0.25) is 9.78 Å². The number of pyridine rings is 1. The van der Waals surface area contributed by atoms with Gasteiger partial charge in [-0.15, -0.1) is 0 Å². The summed E-state index contributed by atoms with van der Waals surface area (Å²) in [6.07, 6.45) is 5.72. The van der Waals surface area contributed by atoms with E-state index in [1.807, 2.05) is 25.2 Å². The Morgan fingerprint density at radius 1 is 1.06 bits per heavy atom. The normalized spacial score (nSPS) is 13.3. The average molecular weight is 461 g/mol. The van der Waals surface area contributed by atoms with Crippen molar-refractivity contribution in [2.24, 2.45) is 0 Å². The van der Waals surface area contributed by atoms with Gasteiger partial charge in [0.2, 0.25) is 0 Å². The average Bonchev–Trinajstić information content (AvgIpc) is 3.07. The zero-order chi connectivity index (χ0) is 23.8. The SMILES string of the molecule is CNCCCc1ccnc(-c2nc(NCCC(=O)O)cc(N3CCc4ccccc4CC3)n2)c1. The molecule has 8 heteroatoms. The van der Waals surface area contributed by atoms with Crippen LogP contribution >= 0.6 is 0 Å². The van der Waals surface area contributed by atoms with Crippen molar-refractivity contribution in [2.45, 2.75) is 32.1 Å². The summed E-state index contributed by atoms with van der Waals surface area (Å²) in [7, 11) is 1.96. The number of hydrogen-bond acceptors (Lipinski definition) is 7. The van der Waals surface area contributed by atoms with Crippen LogP contribution in [0.4, 0.5) is 11.6 Å². The lowest BCUT2D eigenvalue weighted by atomic mass is 10.0. The molecular weight excluding hydrogens is 428 g/mol. The minimum atomic E-state index is -0.844. The summed E-state index contributed by atoms with van der Waals surface area (Å²) in [5, 5.41) is 15.4. The van der Waals surface area contributed by atoms with E-state index in [2.05, 4.69) is 49.8 Å². The van der Waals surface area contributed by atoms with Crippen LogP contribution in [0.15, 0.2) is 48.7 Å². The van der Waals surface area contributed by atoms with Crippen molar-refractivity contribution in [2.75, 3.05) is 43.4 Å². The van der Waals surface area contributed by atoms with Crippen molar-refractivity contribution in [3.8, 4) is 11.5 Å². The number of hydrogen-bond donors (Lipinski definition) is 3. The van der Waals surface area contributed by atoms with Gasteiger partial charge in [-0.25, -0.2) is 9.97 Å². The first kappa shape index (κ1) is 23.6.